The summed E-state index contributed by atoms with van der Waals surface area (Å²) in [5.41, 5.74) is 12.3. The topological polar surface area (TPSA) is 3.24 Å². The van der Waals surface area contributed by atoms with Crippen LogP contribution in [0.25, 0.3) is 60.2 Å². The third kappa shape index (κ3) is 7.44. The lowest BCUT2D eigenvalue weighted by molar-refractivity contribution is 0.761. The van der Waals surface area contributed by atoms with Crippen LogP contribution in [0.2, 0.25) is 0 Å². The van der Waals surface area contributed by atoms with Gasteiger partial charge in [-0.05, 0) is 109 Å². The highest BCUT2D eigenvalue weighted by molar-refractivity contribution is 7.26. The number of benzene rings is 8. The summed E-state index contributed by atoms with van der Waals surface area (Å²) in [7, 11) is 0. The number of hydrogen-bond acceptors (Lipinski definition) is 2. The fraction of sp³-hybridized carbons (Fsp3) is 0.0159. The molecule has 65 heavy (non-hydrogen) atoms. The van der Waals surface area contributed by atoms with E-state index in [0.29, 0.717) is 11.1 Å². The second-order valence-electron chi connectivity index (χ2n) is 16.0. The summed E-state index contributed by atoms with van der Waals surface area (Å²) in [5.74, 6) is 0. The van der Waals surface area contributed by atoms with E-state index in [9.17, 15) is 2.74 Å². The molecule has 9 aromatic rings. The number of anilines is 2. The van der Waals surface area contributed by atoms with Crippen molar-refractivity contribution in [1.29, 1.82) is 0 Å². The van der Waals surface area contributed by atoms with E-state index in [1.807, 2.05) is 84.3 Å². The first kappa shape index (κ1) is 37.5. The highest BCUT2D eigenvalue weighted by Crippen LogP contribution is 2.55. The van der Waals surface area contributed by atoms with Gasteiger partial charge < -0.3 is 4.90 Å². The van der Waals surface area contributed by atoms with Crippen LogP contribution in [0.4, 0.5) is 11.4 Å². The maximum absolute atomic E-state index is 10.4. The lowest BCUT2D eigenvalue weighted by atomic mass is 9.67. The minimum Gasteiger partial charge on any atom is -0.317 e. The Balaban J connectivity index is 1.16. The summed E-state index contributed by atoms with van der Waals surface area (Å²) in [4.78, 5) is 2.08. The van der Waals surface area contributed by atoms with Gasteiger partial charge in [-0.25, -0.2) is 0 Å². The minimum absolute atomic E-state index is 0.0447. The molecule has 1 heterocycles. The van der Waals surface area contributed by atoms with Crippen molar-refractivity contribution in [1.82, 2.24) is 0 Å². The third-order valence-electron chi connectivity index (χ3n) is 12.4. The number of hydrogen-bond donors (Lipinski definition) is 0. The van der Waals surface area contributed by atoms with Crippen LogP contribution in [-0.4, -0.2) is 0 Å². The third-order valence-corrected chi connectivity index (χ3v) is 13.6. The van der Waals surface area contributed by atoms with Crippen molar-refractivity contribution in [3.8, 4) is 22.3 Å². The van der Waals surface area contributed by atoms with Gasteiger partial charge in [0.2, 0.25) is 0 Å². The second-order valence-corrected chi connectivity index (χ2v) is 17.0. The number of allylic oxidation sites excluding steroid dienone is 8. The van der Waals surface area contributed by atoms with E-state index in [1.54, 1.807) is 12.2 Å². The van der Waals surface area contributed by atoms with Gasteiger partial charge in [0.25, 0.3) is 0 Å². The molecule has 310 valence electrons. The molecule has 0 N–H and O–H groups in total. The van der Waals surface area contributed by atoms with Gasteiger partial charge in [-0.1, -0.05) is 220 Å². The van der Waals surface area contributed by atoms with Crippen molar-refractivity contribution in [3.05, 3.63) is 295 Å². The Hall–Kier alpha value is -8.04. The number of rotatable bonds is 13. The normalized spacial score (nSPS) is 14.4. The predicted octanol–water partition coefficient (Wildman–Crippen LogP) is 17.4. The Bertz CT molecular complexity index is 3460. The molecule has 0 bridgehead atoms. The Labute approximate surface area is 390 Å². The van der Waals surface area contributed by atoms with Gasteiger partial charge in [0.05, 0.1) is 9.53 Å². The number of fused-ring (bicyclic) bond motifs is 4. The first-order valence-corrected chi connectivity index (χ1v) is 22.6. The fourth-order valence-corrected chi connectivity index (χ4v) is 10.6. The smallest absolute Gasteiger partial charge is 0.0714 e. The van der Waals surface area contributed by atoms with Crippen molar-refractivity contribution in [2.45, 2.75) is 5.41 Å². The Morgan fingerprint density at radius 2 is 1.12 bits per heavy atom. The zero-order valence-electron chi connectivity index (χ0n) is 38.9. The average molecular weight is 853 g/mol. The molecule has 8 aromatic carbocycles. The van der Waals surface area contributed by atoms with Crippen LogP contribution in [0, 0.1) is 0 Å². The lowest BCUT2D eigenvalue weighted by Crippen LogP contribution is -2.29. The van der Waals surface area contributed by atoms with Crippen molar-refractivity contribution >= 4 is 60.6 Å². The lowest BCUT2D eigenvalue weighted by Gasteiger charge is -2.35. The van der Waals surface area contributed by atoms with Crippen LogP contribution in [0.5, 0.6) is 0 Å². The van der Waals surface area contributed by atoms with Gasteiger partial charge in [0.1, 0.15) is 0 Å². The predicted molar refractivity (Wildman–Crippen MR) is 283 cm³/mol. The van der Waals surface area contributed by atoms with E-state index >= 15 is 0 Å². The zero-order chi connectivity index (χ0) is 46.6. The van der Waals surface area contributed by atoms with Crippen LogP contribution < -0.4 is 4.90 Å². The molecular formula is C63H47NS. The van der Waals surface area contributed by atoms with Gasteiger partial charge in [0, 0.05) is 37.7 Å². The van der Waals surface area contributed by atoms with E-state index in [-0.39, 0.29) is 12.1 Å². The van der Waals surface area contributed by atoms with Crippen molar-refractivity contribution < 1.29 is 4.11 Å². The first-order valence-electron chi connectivity index (χ1n) is 23.3. The molecule has 0 atom stereocenters. The molecule has 0 fully saturated rings. The monoisotopic (exact) mass is 852 g/mol. The Morgan fingerprint density at radius 1 is 0.538 bits per heavy atom. The van der Waals surface area contributed by atoms with Crippen molar-refractivity contribution in [2.24, 2.45) is 0 Å². The van der Waals surface area contributed by atoms with E-state index in [2.05, 4.69) is 170 Å². The van der Waals surface area contributed by atoms with Crippen molar-refractivity contribution in [2.75, 3.05) is 4.90 Å². The molecule has 0 saturated heterocycles. The summed E-state index contributed by atoms with van der Waals surface area (Å²) < 4.78 is 30.8. The van der Waals surface area contributed by atoms with Gasteiger partial charge >= 0.3 is 0 Å². The van der Waals surface area contributed by atoms with E-state index in [0.717, 1.165) is 68.0 Å². The number of nitrogens with zero attached hydrogens (tertiary/aromatic N) is 1. The highest BCUT2D eigenvalue weighted by atomic mass is 32.1. The van der Waals surface area contributed by atoms with Crippen LogP contribution in [-0.2, 0) is 5.41 Å². The minimum atomic E-state index is -0.968. The standard InChI is InChI=1S/C63H47NS/c1-4-7-20-45-32-33-49(44-48(45)21-8-5-2)46-34-38-52(39-35-46)64(53-40-36-47(37-41-53)55-28-19-29-58-57-27-16-18-31-61(57)65-62(55)58)43-42-60-54(6-3)56-26-15-17-30-59(56)63(60,50-22-11-9-12-23-50)51-24-13-10-14-25-51/h4-44H,1-3H2/b20-7-,21-8-,43-42+/i3D,6D,42D/b6-3?,20-7-,21-8-,43-42+. The van der Waals surface area contributed by atoms with Gasteiger partial charge in [-0.15, -0.1) is 11.3 Å². The molecule has 1 aliphatic rings. The van der Waals surface area contributed by atoms with E-state index in [1.165, 1.54) is 25.7 Å². The quantitative estimate of drug-likeness (QED) is 0.104. The molecule has 0 saturated carbocycles. The van der Waals surface area contributed by atoms with Gasteiger partial charge in [-0.2, -0.15) is 0 Å². The molecule has 0 amide bonds. The molecule has 0 radical (unpaired) electrons. The molecule has 1 aromatic heterocycles. The molecule has 0 aliphatic heterocycles. The second kappa shape index (κ2) is 18.0. The maximum Gasteiger partial charge on any atom is 0.0714 e. The van der Waals surface area contributed by atoms with Crippen LogP contribution in [0.15, 0.2) is 262 Å². The van der Waals surface area contributed by atoms with E-state index in [4.69, 9.17) is 1.37 Å². The Kier molecular flexibility index (Phi) is 10.4. The van der Waals surface area contributed by atoms with E-state index < -0.39 is 5.41 Å². The molecule has 2 heteroatoms. The summed E-state index contributed by atoms with van der Waals surface area (Å²) in [5, 5.41) is 2.51. The first-order chi connectivity index (χ1) is 33.4. The summed E-state index contributed by atoms with van der Waals surface area (Å²) in [6, 6.07) is 67.7. The van der Waals surface area contributed by atoms with Gasteiger partial charge in [0.15, 0.2) is 0 Å². The Morgan fingerprint density at radius 3 is 1.82 bits per heavy atom. The van der Waals surface area contributed by atoms with Crippen LogP contribution in [0.1, 0.15) is 37.5 Å². The summed E-state index contributed by atoms with van der Waals surface area (Å²) >= 11 is 1.82. The van der Waals surface area contributed by atoms with Crippen LogP contribution >= 0.6 is 11.3 Å². The number of thiophene rings is 1. The summed E-state index contributed by atoms with van der Waals surface area (Å²) in [6.07, 6.45) is 13.5. The molecule has 0 unspecified atom stereocenters. The molecule has 1 nitrogen and oxygen atoms in total. The van der Waals surface area contributed by atoms with Crippen LogP contribution in [0.3, 0.4) is 0 Å². The highest BCUT2D eigenvalue weighted by Gasteiger charge is 2.46. The molecule has 10 rings (SSSR count). The van der Waals surface area contributed by atoms with Gasteiger partial charge in [-0.3, -0.25) is 0 Å². The summed E-state index contributed by atoms with van der Waals surface area (Å²) in [6.45, 7) is 8.83. The molecular weight excluding hydrogens is 803 g/mol. The SMILES string of the molecule is [2H]C=C([2H])C1=C(/C([2H])=C/N(c2ccc(-c3ccc(/C=C\C=C)c(/C=C\C=C)c3)cc2)c2ccc(-c3cccc4c3sc3ccccc34)cc2)C(c2ccccc2)(c2ccccc2)c2ccccc21. The molecule has 0 spiro atoms. The largest absolute Gasteiger partial charge is 0.317 e. The molecule has 1 aliphatic carbocycles. The zero-order valence-corrected chi connectivity index (χ0v) is 36.7. The average Bonchev–Trinajstić information content (AvgIpc) is 3.94. The van der Waals surface area contributed by atoms with Crippen molar-refractivity contribution in [3.63, 3.8) is 0 Å². The maximum atomic E-state index is 10.4. The fourth-order valence-electron chi connectivity index (χ4n) is 9.37.